The molecular weight excluding hydrogens is 173 g/mol. The largest absolute Gasteiger partial charge is 0.390 e. The van der Waals surface area contributed by atoms with Crippen molar-refractivity contribution < 1.29 is 14.6 Å². The van der Waals surface area contributed by atoms with Gasteiger partial charge in [-0.05, 0) is 6.42 Å². The molecule has 1 heterocycles. The van der Waals surface area contributed by atoms with Crippen molar-refractivity contribution in [1.29, 1.82) is 0 Å². The molecule has 0 aromatic heterocycles. The lowest BCUT2D eigenvalue weighted by Crippen LogP contribution is -2.46. The van der Waals surface area contributed by atoms with Gasteiger partial charge in [-0.25, -0.2) is 4.39 Å². The summed E-state index contributed by atoms with van der Waals surface area (Å²) in [5.74, 6) is 0. The van der Waals surface area contributed by atoms with Crippen LogP contribution < -0.4 is 0 Å². The van der Waals surface area contributed by atoms with Crippen LogP contribution >= 0.6 is 12.4 Å². The van der Waals surface area contributed by atoms with Gasteiger partial charge in [0.25, 0.3) is 0 Å². The highest BCUT2D eigenvalue weighted by Gasteiger charge is 2.25. The first kappa shape index (κ1) is 11.1. The molecule has 11 heavy (non-hydrogen) atoms. The van der Waals surface area contributed by atoms with Gasteiger partial charge in [-0.2, -0.15) is 0 Å². The summed E-state index contributed by atoms with van der Waals surface area (Å²) in [4.78, 5) is 1.47. The maximum atomic E-state index is 11.9. The van der Waals surface area contributed by atoms with E-state index in [0.29, 0.717) is 13.0 Å². The highest BCUT2D eigenvalue weighted by Crippen LogP contribution is 2.09. The zero-order valence-electron chi connectivity index (χ0n) is 6.11. The molecule has 2 N–H and O–H groups in total. The fourth-order valence-corrected chi connectivity index (χ4v) is 1.09. The number of piperidine rings is 1. The van der Waals surface area contributed by atoms with Crippen LogP contribution in [0.1, 0.15) is 6.42 Å². The van der Waals surface area contributed by atoms with E-state index in [1.54, 1.807) is 0 Å². The lowest BCUT2D eigenvalue weighted by atomic mass is 10.1. The Morgan fingerprint density at radius 2 is 2.00 bits per heavy atom. The molecule has 0 saturated carbocycles. The summed E-state index contributed by atoms with van der Waals surface area (Å²) >= 11 is 0. The standard InChI is InChI=1S/C6H12FNO2.ClH/c7-4-8-2-1-5(9)6(10)3-8;/h5-6,9-10H,1-4H2;1H. The van der Waals surface area contributed by atoms with E-state index < -0.39 is 19.0 Å². The van der Waals surface area contributed by atoms with Gasteiger partial charge in [-0.15, -0.1) is 12.4 Å². The molecule has 0 bridgehead atoms. The van der Waals surface area contributed by atoms with E-state index in [-0.39, 0.29) is 19.0 Å². The molecule has 5 heteroatoms. The molecule has 1 fully saturated rings. The van der Waals surface area contributed by atoms with Crippen LogP contribution in [0.15, 0.2) is 0 Å². The van der Waals surface area contributed by atoms with Crippen molar-refractivity contribution in [3.05, 3.63) is 0 Å². The van der Waals surface area contributed by atoms with Crippen LogP contribution in [0.2, 0.25) is 0 Å². The van der Waals surface area contributed by atoms with E-state index >= 15 is 0 Å². The van der Waals surface area contributed by atoms with Crippen molar-refractivity contribution in [2.24, 2.45) is 0 Å². The molecule has 0 amide bonds. The quantitative estimate of drug-likeness (QED) is 0.555. The van der Waals surface area contributed by atoms with E-state index in [1.165, 1.54) is 4.90 Å². The maximum Gasteiger partial charge on any atom is 0.143 e. The van der Waals surface area contributed by atoms with Gasteiger partial charge in [-0.1, -0.05) is 0 Å². The predicted octanol–water partition coefficient (Wildman–Crippen LogP) is -0.237. The van der Waals surface area contributed by atoms with Gasteiger partial charge in [0.2, 0.25) is 0 Å². The summed E-state index contributed by atoms with van der Waals surface area (Å²) in [5, 5.41) is 18.0. The lowest BCUT2D eigenvalue weighted by Gasteiger charge is -2.31. The van der Waals surface area contributed by atoms with Gasteiger partial charge in [-0.3, -0.25) is 4.90 Å². The van der Waals surface area contributed by atoms with Gasteiger partial charge in [0.05, 0.1) is 12.2 Å². The minimum atomic E-state index is -0.774. The van der Waals surface area contributed by atoms with Gasteiger partial charge < -0.3 is 10.2 Å². The third kappa shape index (κ3) is 2.91. The molecule has 0 spiro atoms. The first-order valence-electron chi connectivity index (χ1n) is 3.38. The molecule has 3 nitrogen and oxygen atoms in total. The number of β-amino-alcohol motifs (C(OH)–C–C–N with tert-alkyl or cyclic N) is 1. The second-order valence-electron chi connectivity index (χ2n) is 2.62. The Balaban J connectivity index is 0.000001000. The van der Waals surface area contributed by atoms with Crippen molar-refractivity contribution in [3.63, 3.8) is 0 Å². The Hall–Kier alpha value is 0.1000. The number of halogens is 2. The first-order chi connectivity index (χ1) is 4.74. The van der Waals surface area contributed by atoms with Crippen LogP contribution in [0.5, 0.6) is 0 Å². The van der Waals surface area contributed by atoms with E-state index in [9.17, 15) is 4.39 Å². The SMILES string of the molecule is Cl.OC1CCN(CF)CC1O. The normalized spacial score (nSPS) is 33.0. The Morgan fingerprint density at radius 1 is 1.36 bits per heavy atom. The monoisotopic (exact) mass is 185 g/mol. The van der Waals surface area contributed by atoms with E-state index in [1.807, 2.05) is 0 Å². The van der Waals surface area contributed by atoms with Crippen LogP contribution in [0.3, 0.4) is 0 Å². The molecule has 0 aromatic carbocycles. The molecule has 2 unspecified atom stereocenters. The number of rotatable bonds is 1. The molecule has 2 atom stereocenters. The molecule has 1 rings (SSSR count). The molecule has 0 radical (unpaired) electrons. The average molecular weight is 186 g/mol. The van der Waals surface area contributed by atoms with Gasteiger partial charge in [0.1, 0.15) is 6.80 Å². The van der Waals surface area contributed by atoms with Crippen LogP contribution in [0, 0.1) is 0 Å². The summed E-state index contributed by atoms with van der Waals surface area (Å²) in [5.41, 5.74) is 0. The van der Waals surface area contributed by atoms with Gasteiger partial charge in [0, 0.05) is 13.1 Å². The zero-order valence-corrected chi connectivity index (χ0v) is 6.93. The van der Waals surface area contributed by atoms with E-state index in [2.05, 4.69) is 0 Å². The van der Waals surface area contributed by atoms with E-state index in [0.717, 1.165) is 0 Å². The zero-order chi connectivity index (χ0) is 7.56. The van der Waals surface area contributed by atoms with Gasteiger partial charge in [0.15, 0.2) is 0 Å². The Morgan fingerprint density at radius 3 is 2.45 bits per heavy atom. The van der Waals surface area contributed by atoms with Crippen molar-refractivity contribution in [2.75, 3.05) is 19.9 Å². The topological polar surface area (TPSA) is 43.7 Å². The second kappa shape index (κ2) is 4.87. The summed E-state index contributed by atoms with van der Waals surface area (Å²) in [6.45, 7) is 0.246. The number of alkyl halides is 1. The molecule has 1 aliphatic heterocycles. The van der Waals surface area contributed by atoms with Crippen molar-refractivity contribution in [2.45, 2.75) is 18.6 Å². The molecule has 68 valence electrons. The second-order valence-corrected chi connectivity index (χ2v) is 2.62. The predicted molar refractivity (Wildman–Crippen MR) is 41.4 cm³/mol. The molecular formula is C6H13ClFNO2. The third-order valence-corrected chi connectivity index (χ3v) is 1.80. The van der Waals surface area contributed by atoms with Crippen LogP contribution in [-0.2, 0) is 0 Å². The summed E-state index contributed by atoms with van der Waals surface area (Å²) in [6.07, 6.45) is -0.974. The van der Waals surface area contributed by atoms with Crippen LogP contribution in [-0.4, -0.2) is 47.2 Å². The molecule has 0 aliphatic carbocycles. The minimum Gasteiger partial charge on any atom is -0.390 e. The fraction of sp³-hybridized carbons (Fsp3) is 1.00. The summed E-state index contributed by atoms with van der Waals surface area (Å²) in [7, 11) is 0. The highest BCUT2D eigenvalue weighted by molar-refractivity contribution is 5.85. The smallest absolute Gasteiger partial charge is 0.143 e. The molecule has 1 aliphatic rings. The Kier molecular flexibility index (Phi) is 4.92. The van der Waals surface area contributed by atoms with Crippen molar-refractivity contribution in [1.82, 2.24) is 4.90 Å². The van der Waals surface area contributed by atoms with Crippen LogP contribution in [0.25, 0.3) is 0 Å². The highest BCUT2D eigenvalue weighted by atomic mass is 35.5. The van der Waals surface area contributed by atoms with Crippen molar-refractivity contribution in [3.8, 4) is 0 Å². The fourth-order valence-electron chi connectivity index (χ4n) is 1.09. The third-order valence-electron chi connectivity index (χ3n) is 1.80. The molecule has 0 aromatic rings. The van der Waals surface area contributed by atoms with E-state index in [4.69, 9.17) is 10.2 Å². The Bertz CT molecular complexity index is 117. The van der Waals surface area contributed by atoms with Crippen molar-refractivity contribution >= 4 is 12.4 Å². The molecule has 1 saturated heterocycles. The maximum absolute atomic E-state index is 11.9. The number of likely N-dealkylation sites (tertiary alicyclic amines) is 1. The van der Waals surface area contributed by atoms with Crippen LogP contribution in [0.4, 0.5) is 4.39 Å². The van der Waals surface area contributed by atoms with Gasteiger partial charge >= 0.3 is 0 Å². The number of hydrogen-bond donors (Lipinski definition) is 2. The number of hydrogen-bond acceptors (Lipinski definition) is 3. The summed E-state index contributed by atoms with van der Waals surface area (Å²) in [6, 6.07) is 0. The minimum absolute atomic E-state index is 0. The average Bonchev–Trinajstić information content (AvgIpc) is 1.95. The lowest BCUT2D eigenvalue weighted by molar-refractivity contribution is -0.0473. The summed E-state index contributed by atoms with van der Waals surface area (Å²) < 4.78 is 11.9. The number of nitrogens with zero attached hydrogens (tertiary/aromatic N) is 1. The Labute approximate surface area is 71.2 Å². The first-order valence-corrected chi connectivity index (χ1v) is 3.38. The number of aliphatic hydroxyl groups is 2. The number of aliphatic hydroxyl groups excluding tert-OH is 2.